The van der Waals surface area contributed by atoms with Crippen LogP contribution in [0.1, 0.15) is 10.4 Å². The van der Waals surface area contributed by atoms with Gasteiger partial charge in [0.15, 0.2) is 0 Å². The zero-order chi connectivity index (χ0) is 23.4. The number of sulfonamides is 1. The number of methoxy groups -OCH3 is 1. The Morgan fingerprint density at radius 2 is 1.73 bits per heavy atom. The van der Waals surface area contributed by atoms with Crippen molar-refractivity contribution in [1.82, 2.24) is 4.90 Å². The van der Waals surface area contributed by atoms with Crippen LogP contribution >= 0.6 is 11.6 Å². The molecule has 0 saturated carbocycles. The standard InChI is InChI=1S/C24H22ClN3O4S/c1-32-22-12-9-19(25)17-23(22)33(30,31)26-20-10-7-18(8-11-20)24(29)28-15-13-27(14-16-28)21-5-3-2-4-6-21/h2-7,9-10,12,17,26H,13-16H2,1H3. The van der Waals surface area contributed by atoms with Gasteiger partial charge in [0.05, 0.1) is 18.4 Å². The van der Waals surface area contributed by atoms with E-state index in [1.807, 2.05) is 18.2 Å². The van der Waals surface area contributed by atoms with Crippen molar-refractivity contribution >= 4 is 38.9 Å². The SMILES string of the molecule is COc1ccc(Cl)cc1S(=O)(=O)Nc1c#cc(C(=O)N2CCN(c3ccccc3)CC2)cc1. The molecule has 0 aliphatic carbocycles. The Hall–Kier alpha value is -3.41. The molecule has 9 heteroatoms. The van der Waals surface area contributed by atoms with Gasteiger partial charge in [0.25, 0.3) is 15.9 Å². The summed E-state index contributed by atoms with van der Waals surface area (Å²) in [5.74, 6) is 0.00204. The molecule has 1 amide bonds. The number of piperazine rings is 1. The minimum absolute atomic E-state index is 0.0951. The first-order valence-corrected chi connectivity index (χ1v) is 12.1. The van der Waals surface area contributed by atoms with Crippen molar-refractivity contribution < 1.29 is 17.9 Å². The van der Waals surface area contributed by atoms with Crippen molar-refractivity contribution in [2.24, 2.45) is 0 Å². The lowest BCUT2D eigenvalue weighted by molar-refractivity contribution is 0.0747. The van der Waals surface area contributed by atoms with Crippen LogP contribution in [0.5, 0.6) is 5.75 Å². The van der Waals surface area contributed by atoms with E-state index >= 15 is 0 Å². The van der Waals surface area contributed by atoms with Gasteiger partial charge in [0, 0.05) is 36.9 Å². The molecule has 33 heavy (non-hydrogen) atoms. The van der Waals surface area contributed by atoms with Crippen molar-refractivity contribution in [3.05, 3.63) is 83.4 Å². The Balaban J connectivity index is 1.41. The number of nitrogens with one attached hydrogen (secondary N) is 1. The third kappa shape index (κ3) is 5.16. The summed E-state index contributed by atoms with van der Waals surface area (Å²) in [6.07, 6.45) is 0. The molecule has 0 spiro atoms. The molecular formula is C24H22ClN3O4S. The lowest BCUT2D eigenvalue weighted by atomic mass is 10.2. The zero-order valence-corrected chi connectivity index (χ0v) is 19.5. The lowest BCUT2D eigenvalue weighted by Crippen LogP contribution is -2.48. The van der Waals surface area contributed by atoms with Gasteiger partial charge >= 0.3 is 0 Å². The second kappa shape index (κ2) is 9.61. The topological polar surface area (TPSA) is 78.9 Å². The van der Waals surface area contributed by atoms with E-state index < -0.39 is 10.0 Å². The van der Waals surface area contributed by atoms with Gasteiger partial charge in [-0.05, 0) is 48.5 Å². The lowest BCUT2D eigenvalue weighted by Gasteiger charge is -2.36. The van der Waals surface area contributed by atoms with Crippen molar-refractivity contribution in [3.63, 3.8) is 0 Å². The number of ether oxygens (including phenoxy) is 1. The van der Waals surface area contributed by atoms with E-state index in [-0.39, 0.29) is 27.3 Å². The second-order valence-electron chi connectivity index (χ2n) is 7.43. The highest BCUT2D eigenvalue weighted by Gasteiger charge is 2.23. The van der Waals surface area contributed by atoms with E-state index in [9.17, 15) is 13.2 Å². The predicted octanol–water partition coefficient (Wildman–Crippen LogP) is 3.71. The number of carbonyl (C=O) groups is 1. The van der Waals surface area contributed by atoms with Crippen LogP contribution in [-0.2, 0) is 10.0 Å². The van der Waals surface area contributed by atoms with Crippen LogP contribution in [0.3, 0.4) is 0 Å². The van der Waals surface area contributed by atoms with E-state index in [0.29, 0.717) is 18.7 Å². The second-order valence-corrected chi connectivity index (χ2v) is 9.51. The molecule has 1 aliphatic heterocycles. The highest BCUT2D eigenvalue weighted by Crippen LogP contribution is 2.28. The molecule has 0 aromatic heterocycles. The van der Waals surface area contributed by atoms with Crippen LogP contribution in [-0.4, -0.2) is 52.5 Å². The van der Waals surface area contributed by atoms with E-state index in [4.69, 9.17) is 16.3 Å². The van der Waals surface area contributed by atoms with Gasteiger partial charge in [-0.25, -0.2) is 8.42 Å². The third-order valence-electron chi connectivity index (χ3n) is 5.33. The summed E-state index contributed by atoms with van der Waals surface area (Å²) in [7, 11) is -2.60. The first-order chi connectivity index (χ1) is 15.9. The molecule has 3 aromatic carbocycles. The fourth-order valence-corrected chi connectivity index (χ4v) is 5.06. The van der Waals surface area contributed by atoms with Gasteiger partial charge in [-0.3, -0.25) is 9.52 Å². The highest BCUT2D eigenvalue weighted by molar-refractivity contribution is 7.92. The molecule has 1 fully saturated rings. The fraction of sp³-hybridized carbons (Fsp3) is 0.208. The normalized spacial score (nSPS) is 13.9. The van der Waals surface area contributed by atoms with Crippen molar-refractivity contribution in [2.45, 2.75) is 4.90 Å². The summed E-state index contributed by atoms with van der Waals surface area (Å²) >= 11 is 5.95. The quantitative estimate of drug-likeness (QED) is 0.578. The van der Waals surface area contributed by atoms with E-state index in [1.165, 1.54) is 31.4 Å². The maximum Gasteiger partial charge on any atom is 0.266 e. The molecule has 1 saturated heterocycles. The van der Waals surface area contributed by atoms with Crippen LogP contribution < -0.4 is 14.4 Å². The van der Waals surface area contributed by atoms with E-state index in [1.54, 1.807) is 11.0 Å². The monoisotopic (exact) mass is 483 g/mol. The third-order valence-corrected chi connectivity index (χ3v) is 6.95. The summed E-state index contributed by atoms with van der Waals surface area (Å²) in [4.78, 5) is 16.8. The number of anilines is 2. The number of carbonyl (C=O) groups excluding carboxylic acids is 1. The number of amides is 1. The maximum absolute atomic E-state index is 12.9. The minimum Gasteiger partial charge on any atom is -0.495 e. The highest BCUT2D eigenvalue weighted by atomic mass is 35.5. The predicted molar refractivity (Wildman–Crippen MR) is 127 cm³/mol. The van der Waals surface area contributed by atoms with Crippen molar-refractivity contribution in [2.75, 3.05) is 42.9 Å². The summed E-state index contributed by atoms with van der Waals surface area (Å²) in [5.41, 5.74) is 1.62. The van der Waals surface area contributed by atoms with Crippen LogP contribution in [0.4, 0.5) is 11.4 Å². The fourth-order valence-electron chi connectivity index (χ4n) is 3.61. The number of benzene rings is 2. The number of hydrogen-bond acceptors (Lipinski definition) is 5. The Labute approximate surface area is 198 Å². The van der Waals surface area contributed by atoms with Crippen LogP contribution in [0.25, 0.3) is 0 Å². The zero-order valence-electron chi connectivity index (χ0n) is 17.9. The molecule has 1 aliphatic rings. The number of nitrogens with zero attached hydrogens (tertiary/aromatic N) is 2. The minimum atomic E-state index is -3.98. The maximum atomic E-state index is 12.9. The average molecular weight is 484 g/mol. The van der Waals surface area contributed by atoms with Gasteiger partial charge in [-0.2, -0.15) is 0 Å². The van der Waals surface area contributed by atoms with Crippen molar-refractivity contribution in [1.29, 1.82) is 0 Å². The van der Waals surface area contributed by atoms with Crippen LogP contribution in [0, 0.1) is 12.1 Å². The molecule has 0 bridgehead atoms. The molecule has 0 radical (unpaired) electrons. The number of hydrogen-bond donors (Lipinski definition) is 1. The Morgan fingerprint density at radius 3 is 2.36 bits per heavy atom. The van der Waals surface area contributed by atoms with Gasteiger partial charge < -0.3 is 14.5 Å². The Bertz CT molecular complexity index is 1230. The van der Waals surface area contributed by atoms with Crippen LogP contribution in [0.15, 0.2) is 65.6 Å². The number of halogens is 1. The van der Waals surface area contributed by atoms with Crippen LogP contribution in [0.2, 0.25) is 5.02 Å². The van der Waals surface area contributed by atoms with Crippen molar-refractivity contribution in [3.8, 4) is 5.75 Å². The molecular weight excluding hydrogens is 462 g/mol. The smallest absolute Gasteiger partial charge is 0.266 e. The van der Waals surface area contributed by atoms with E-state index in [0.717, 1.165) is 18.8 Å². The summed E-state index contributed by atoms with van der Waals surface area (Å²) < 4.78 is 33.1. The van der Waals surface area contributed by atoms with Gasteiger partial charge in [0.1, 0.15) is 10.6 Å². The summed E-state index contributed by atoms with van der Waals surface area (Å²) in [5, 5.41) is 0.264. The molecule has 1 N–H and O–H groups in total. The number of para-hydroxylation sites is 1. The molecule has 0 atom stereocenters. The molecule has 170 valence electrons. The molecule has 1 heterocycles. The Kier molecular flexibility index (Phi) is 6.63. The van der Waals surface area contributed by atoms with Gasteiger partial charge in [-0.1, -0.05) is 35.9 Å². The first-order valence-electron chi connectivity index (χ1n) is 10.3. The van der Waals surface area contributed by atoms with Gasteiger partial charge in [-0.15, -0.1) is 0 Å². The Morgan fingerprint density at radius 1 is 1.00 bits per heavy atom. The van der Waals surface area contributed by atoms with Gasteiger partial charge in [0.2, 0.25) is 0 Å². The summed E-state index contributed by atoms with van der Waals surface area (Å²) in [6, 6.07) is 22.9. The molecule has 4 rings (SSSR count). The largest absolute Gasteiger partial charge is 0.495 e. The molecule has 7 nitrogen and oxygen atoms in total. The molecule has 0 unspecified atom stereocenters. The van der Waals surface area contributed by atoms with E-state index in [2.05, 4.69) is 33.9 Å². The first kappa shape index (κ1) is 22.8. The molecule has 3 aromatic rings. The average Bonchev–Trinajstić information content (AvgIpc) is 2.84. The summed E-state index contributed by atoms with van der Waals surface area (Å²) in [6.45, 7) is 2.65. The number of rotatable bonds is 6.